The zero-order valence-corrected chi connectivity index (χ0v) is 9.56. The lowest BCUT2D eigenvalue weighted by Crippen LogP contribution is -2.01. The minimum atomic E-state index is 0.590. The molecule has 84 valence electrons. The second-order valence-corrected chi connectivity index (χ2v) is 4.27. The van der Waals surface area contributed by atoms with Crippen LogP contribution in [-0.4, -0.2) is 5.71 Å². The van der Waals surface area contributed by atoms with Crippen molar-refractivity contribution in [2.45, 2.75) is 13.0 Å². The first-order valence-corrected chi connectivity index (χ1v) is 5.81. The van der Waals surface area contributed by atoms with E-state index >= 15 is 0 Å². The lowest BCUT2D eigenvalue weighted by atomic mass is 10.0. The van der Waals surface area contributed by atoms with Crippen LogP contribution in [0.1, 0.15) is 16.7 Å². The fraction of sp³-hybridized carbons (Fsp3) is 0.133. The van der Waals surface area contributed by atoms with Gasteiger partial charge in [0.2, 0.25) is 0 Å². The predicted octanol–water partition coefficient (Wildman–Crippen LogP) is 2.82. The van der Waals surface area contributed by atoms with Gasteiger partial charge in [-0.1, -0.05) is 42.5 Å². The summed E-state index contributed by atoms with van der Waals surface area (Å²) >= 11 is 0. The van der Waals surface area contributed by atoms with Gasteiger partial charge in [-0.25, -0.2) is 0 Å². The number of nitrogens with two attached hydrogens (primary N) is 1. The molecule has 0 aliphatic carbocycles. The average molecular weight is 222 g/mol. The van der Waals surface area contributed by atoms with Crippen molar-refractivity contribution in [1.29, 1.82) is 0 Å². The van der Waals surface area contributed by atoms with Crippen LogP contribution in [0.15, 0.2) is 53.5 Å². The highest BCUT2D eigenvalue weighted by Crippen LogP contribution is 2.28. The minimum absolute atomic E-state index is 0.590. The Morgan fingerprint density at radius 1 is 1.00 bits per heavy atom. The quantitative estimate of drug-likeness (QED) is 0.833. The van der Waals surface area contributed by atoms with Crippen LogP contribution in [0.5, 0.6) is 0 Å². The maximum Gasteiger partial charge on any atom is 0.0669 e. The molecule has 1 aliphatic heterocycles. The molecule has 2 aromatic rings. The summed E-state index contributed by atoms with van der Waals surface area (Å²) in [6.45, 7) is 0.590. The maximum absolute atomic E-state index is 5.59. The van der Waals surface area contributed by atoms with E-state index in [1.165, 1.54) is 11.1 Å². The van der Waals surface area contributed by atoms with Crippen molar-refractivity contribution in [3.05, 3.63) is 65.2 Å². The number of benzene rings is 2. The first kappa shape index (κ1) is 10.2. The molecule has 0 atom stereocenters. The summed E-state index contributed by atoms with van der Waals surface area (Å²) in [4.78, 5) is 4.66. The van der Waals surface area contributed by atoms with Gasteiger partial charge < -0.3 is 5.73 Å². The third-order valence-corrected chi connectivity index (χ3v) is 3.13. The summed E-state index contributed by atoms with van der Waals surface area (Å²) in [5, 5.41) is 0. The van der Waals surface area contributed by atoms with Crippen LogP contribution in [0.3, 0.4) is 0 Å². The highest BCUT2D eigenvalue weighted by Gasteiger charge is 2.14. The molecule has 0 bridgehead atoms. The Hall–Kier alpha value is -1.93. The molecule has 2 N–H and O–H groups in total. The van der Waals surface area contributed by atoms with E-state index < -0.39 is 0 Å². The normalized spacial score (nSPS) is 13.4. The molecular formula is C15H14N2. The number of hydrogen-bond donors (Lipinski definition) is 1. The zero-order valence-electron chi connectivity index (χ0n) is 9.56. The second kappa shape index (κ2) is 4.15. The molecule has 0 spiro atoms. The van der Waals surface area contributed by atoms with Gasteiger partial charge in [-0.05, 0) is 22.8 Å². The fourth-order valence-electron chi connectivity index (χ4n) is 2.13. The molecule has 17 heavy (non-hydrogen) atoms. The molecule has 2 aromatic carbocycles. The van der Waals surface area contributed by atoms with Crippen LogP contribution >= 0.6 is 0 Å². The van der Waals surface area contributed by atoms with E-state index in [2.05, 4.69) is 47.5 Å². The predicted molar refractivity (Wildman–Crippen MR) is 70.7 cm³/mol. The molecule has 3 rings (SSSR count). The monoisotopic (exact) mass is 222 g/mol. The maximum atomic E-state index is 5.59. The first-order valence-electron chi connectivity index (χ1n) is 5.81. The zero-order chi connectivity index (χ0) is 11.7. The summed E-state index contributed by atoms with van der Waals surface area (Å²) in [6, 6.07) is 16.6. The smallest absolute Gasteiger partial charge is 0.0669 e. The molecule has 0 radical (unpaired) electrons. The number of hydrogen-bond acceptors (Lipinski definition) is 2. The lowest BCUT2D eigenvalue weighted by Gasteiger charge is -2.01. The third-order valence-electron chi connectivity index (χ3n) is 3.13. The number of para-hydroxylation sites is 1. The van der Waals surface area contributed by atoms with Gasteiger partial charge in [0, 0.05) is 13.0 Å². The topological polar surface area (TPSA) is 38.4 Å². The van der Waals surface area contributed by atoms with Gasteiger partial charge in [0.25, 0.3) is 0 Å². The molecule has 2 nitrogen and oxygen atoms in total. The van der Waals surface area contributed by atoms with E-state index in [1.807, 2.05) is 6.07 Å². The van der Waals surface area contributed by atoms with Gasteiger partial charge >= 0.3 is 0 Å². The van der Waals surface area contributed by atoms with Crippen LogP contribution < -0.4 is 5.73 Å². The van der Waals surface area contributed by atoms with Crippen molar-refractivity contribution >= 4 is 11.4 Å². The molecule has 1 aliphatic rings. The Labute approximate surface area is 101 Å². The Morgan fingerprint density at radius 3 is 2.47 bits per heavy atom. The highest BCUT2D eigenvalue weighted by molar-refractivity contribution is 6.06. The highest BCUT2D eigenvalue weighted by atomic mass is 14.8. The number of rotatable bonds is 2. The molecule has 0 saturated heterocycles. The van der Waals surface area contributed by atoms with E-state index in [1.54, 1.807) is 0 Å². The van der Waals surface area contributed by atoms with Crippen molar-refractivity contribution in [3.63, 3.8) is 0 Å². The van der Waals surface area contributed by atoms with Gasteiger partial charge in [-0.2, -0.15) is 0 Å². The standard InChI is InChI=1S/C15H14N2/c16-10-11-5-7-12(8-6-11)15-9-13-3-1-2-4-14(13)17-15/h1-8H,9-10,16H2. The molecule has 0 unspecified atom stereocenters. The number of fused-ring (bicyclic) bond motifs is 1. The fourth-order valence-corrected chi connectivity index (χ4v) is 2.13. The molecule has 0 aromatic heterocycles. The average Bonchev–Trinajstić information content (AvgIpc) is 2.82. The van der Waals surface area contributed by atoms with E-state index in [0.717, 1.165) is 23.4 Å². The van der Waals surface area contributed by atoms with Crippen molar-refractivity contribution in [3.8, 4) is 0 Å². The lowest BCUT2D eigenvalue weighted by molar-refractivity contribution is 1.07. The van der Waals surface area contributed by atoms with Crippen LogP contribution in [0.2, 0.25) is 0 Å². The van der Waals surface area contributed by atoms with Crippen molar-refractivity contribution < 1.29 is 0 Å². The largest absolute Gasteiger partial charge is 0.326 e. The van der Waals surface area contributed by atoms with Gasteiger partial charge in [0.1, 0.15) is 0 Å². The summed E-state index contributed by atoms with van der Waals surface area (Å²) in [7, 11) is 0. The molecule has 0 amide bonds. The second-order valence-electron chi connectivity index (χ2n) is 4.27. The van der Waals surface area contributed by atoms with Crippen LogP contribution in [0.4, 0.5) is 5.69 Å². The Morgan fingerprint density at radius 2 is 1.76 bits per heavy atom. The Kier molecular flexibility index (Phi) is 2.50. The van der Waals surface area contributed by atoms with Gasteiger partial charge in [-0.3, -0.25) is 4.99 Å². The van der Waals surface area contributed by atoms with Gasteiger partial charge in [0.15, 0.2) is 0 Å². The SMILES string of the molecule is NCc1ccc(C2=Nc3ccccc3C2)cc1. The molecular weight excluding hydrogens is 208 g/mol. The summed E-state index contributed by atoms with van der Waals surface area (Å²) in [6.07, 6.45) is 0.929. The Bertz CT molecular complexity index is 568. The summed E-state index contributed by atoms with van der Waals surface area (Å²) in [5.41, 5.74) is 11.5. The molecule has 0 fully saturated rings. The molecule has 2 heteroatoms. The summed E-state index contributed by atoms with van der Waals surface area (Å²) < 4.78 is 0. The Balaban J connectivity index is 1.92. The van der Waals surface area contributed by atoms with E-state index in [0.29, 0.717) is 6.54 Å². The first-order chi connectivity index (χ1) is 8.36. The van der Waals surface area contributed by atoms with Gasteiger partial charge in [-0.15, -0.1) is 0 Å². The summed E-state index contributed by atoms with van der Waals surface area (Å²) in [5.74, 6) is 0. The van der Waals surface area contributed by atoms with Crippen molar-refractivity contribution in [2.75, 3.05) is 0 Å². The van der Waals surface area contributed by atoms with Crippen LogP contribution in [0.25, 0.3) is 0 Å². The van der Waals surface area contributed by atoms with E-state index in [9.17, 15) is 0 Å². The van der Waals surface area contributed by atoms with E-state index in [4.69, 9.17) is 5.73 Å². The number of aliphatic imine (C=N–C) groups is 1. The minimum Gasteiger partial charge on any atom is -0.326 e. The van der Waals surface area contributed by atoms with Crippen molar-refractivity contribution in [1.82, 2.24) is 0 Å². The van der Waals surface area contributed by atoms with Crippen LogP contribution in [-0.2, 0) is 13.0 Å². The van der Waals surface area contributed by atoms with Crippen molar-refractivity contribution in [2.24, 2.45) is 10.7 Å². The van der Waals surface area contributed by atoms with E-state index in [-0.39, 0.29) is 0 Å². The van der Waals surface area contributed by atoms with Crippen LogP contribution in [0, 0.1) is 0 Å². The molecule has 1 heterocycles. The molecule has 0 saturated carbocycles. The van der Waals surface area contributed by atoms with Gasteiger partial charge in [0.05, 0.1) is 11.4 Å². The number of nitrogens with zero attached hydrogens (tertiary/aromatic N) is 1. The third kappa shape index (κ3) is 1.87.